The van der Waals surface area contributed by atoms with Crippen molar-refractivity contribution in [1.29, 1.82) is 0 Å². The molecule has 0 unspecified atom stereocenters. The van der Waals surface area contributed by atoms with Gasteiger partial charge in [-0.3, -0.25) is 14.5 Å². The lowest BCUT2D eigenvalue weighted by Crippen LogP contribution is -2.53. The first kappa shape index (κ1) is 15.0. The minimum atomic E-state index is -0.447. The van der Waals surface area contributed by atoms with E-state index in [0.717, 1.165) is 37.6 Å². The van der Waals surface area contributed by atoms with E-state index in [1.54, 1.807) is 4.90 Å². The second-order valence-corrected chi connectivity index (χ2v) is 6.03. The largest absolute Gasteiger partial charge is 0.368 e. The van der Waals surface area contributed by atoms with E-state index in [1.807, 2.05) is 6.92 Å². The molecule has 120 valence electrons. The predicted molar refractivity (Wildman–Crippen MR) is 78.6 cm³/mol. The minimum Gasteiger partial charge on any atom is -0.368 e. The zero-order chi connectivity index (χ0) is 15.7. The number of rotatable bonds is 3. The molecule has 2 amide bonds. The van der Waals surface area contributed by atoms with Crippen molar-refractivity contribution >= 4 is 11.8 Å². The van der Waals surface area contributed by atoms with Gasteiger partial charge in [0.05, 0.1) is 13.1 Å². The van der Waals surface area contributed by atoms with E-state index < -0.39 is 11.9 Å². The van der Waals surface area contributed by atoms with Crippen LogP contribution in [0.5, 0.6) is 0 Å². The Morgan fingerprint density at radius 3 is 2.82 bits per heavy atom. The van der Waals surface area contributed by atoms with Gasteiger partial charge in [0.25, 0.3) is 0 Å². The van der Waals surface area contributed by atoms with Crippen LogP contribution in [-0.4, -0.2) is 62.1 Å². The Bertz CT molecular complexity index is 584. The molecule has 8 heteroatoms. The third-order valence-electron chi connectivity index (χ3n) is 4.53. The van der Waals surface area contributed by atoms with Crippen LogP contribution in [0, 0.1) is 6.92 Å². The molecule has 1 aromatic heterocycles. The Hall–Kier alpha value is -1.96. The predicted octanol–water partition coefficient (Wildman–Crippen LogP) is -0.731. The number of hydrogen-bond donors (Lipinski definition) is 1. The lowest BCUT2D eigenvalue weighted by atomic mass is 10.0. The van der Waals surface area contributed by atoms with Crippen LogP contribution in [0.25, 0.3) is 0 Å². The second kappa shape index (κ2) is 6.04. The first-order valence-corrected chi connectivity index (χ1v) is 7.76. The Labute approximate surface area is 129 Å². The van der Waals surface area contributed by atoms with Gasteiger partial charge in [-0.1, -0.05) is 0 Å². The fourth-order valence-corrected chi connectivity index (χ4v) is 3.30. The lowest BCUT2D eigenvalue weighted by molar-refractivity contribution is -0.142. The van der Waals surface area contributed by atoms with Crippen molar-refractivity contribution in [1.82, 2.24) is 24.6 Å². The van der Waals surface area contributed by atoms with E-state index in [2.05, 4.69) is 19.7 Å². The molecule has 2 aliphatic heterocycles. The lowest BCUT2D eigenvalue weighted by Gasteiger charge is -2.36. The molecule has 3 heterocycles. The van der Waals surface area contributed by atoms with Crippen molar-refractivity contribution in [3.05, 3.63) is 11.6 Å². The maximum absolute atomic E-state index is 12.5. The number of aromatic nitrogens is 3. The summed E-state index contributed by atoms with van der Waals surface area (Å²) in [7, 11) is 0. The van der Waals surface area contributed by atoms with Gasteiger partial charge in [0.2, 0.25) is 11.8 Å². The zero-order valence-corrected chi connectivity index (χ0v) is 12.9. The summed E-state index contributed by atoms with van der Waals surface area (Å²) in [6.45, 7) is 5.04. The van der Waals surface area contributed by atoms with E-state index in [4.69, 9.17) is 5.73 Å². The Kier molecular flexibility index (Phi) is 4.10. The summed E-state index contributed by atoms with van der Waals surface area (Å²) in [5, 5.41) is 8.21. The molecular weight excluding hydrogens is 284 g/mol. The molecule has 2 aliphatic rings. The number of nitrogens with two attached hydrogens (primary N) is 1. The van der Waals surface area contributed by atoms with Crippen molar-refractivity contribution in [2.45, 2.75) is 45.3 Å². The van der Waals surface area contributed by atoms with E-state index in [0.29, 0.717) is 26.1 Å². The summed E-state index contributed by atoms with van der Waals surface area (Å²) in [5.41, 5.74) is 5.43. The summed E-state index contributed by atoms with van der Waals surface area (Å²) < 4.78 is 2.08. The fraction of sp³-hybridized carbons (Fsp3) is 0.714. The van der Waals surface area contributed by atoms with Crippen molar-refractivity contribution in [2.75, 3.05) is 19.6 Å². The van der Waals surface area contributed by atoms with E-state index >= 15 is 0 Å². The van der Waals surface area contributed by atoms with Crippen LogP contribution in [0.3, 0.4) is 0 Å². The maximum Gasteiger partial charge on any atom is 0.240 e. The molecule has 8 nitrogen and oxygen atoms in total. The Morgan fingerprint density at radius 1 is 1.23 bits per heavy atom. The molecule has 0 bridgehead atoms. The highest BCUT2D eigenvalue weighted by Gasteiger charge is 2.32. The van der Waals surface area contributed by atoms with E-state index in [1.165, 1.54) is 0 Å². The number of amides is 2. The average Bonchev–Trinajstić information content (AvgIpc) is 2.88. The normalized spacial score (nSPS) is 22.4. The number of fused-ring (bicyclic) bond motifs is 1. The standard InChI is InChI=1S/C14H22N6O2/c1-10-16-17-12-8-18(6-7-19(10)12)9-13(21)20-5-3-2-4-11(20)14(15)22/h11H,2-9H2,1H3,(H2,15,22)/t11-/m0/s1. The molecule has 0 aromatic carbocycles. The summed E-state index contributed by atoms with van der Waals surface area (Å²) >= 11 is 0. The molecule has 1 saturated heterocycles. The smallest absolute Gasteiger partial charge is 0.240 e. The molecular formula is C14H22N6O2. The van der Waals surface area contributed by atoms with Crippen LogP contribution in [-0.2, 0) is 22.7 Å². The van der Waals surface area contributed by atoms with Crippen LogP contribution in [0.2, 0.25) is 0 Å². The molecule has 1 atom stereocenters. The summed E-state index contributed by atoms with van der Waals surface area (Å²) in [4.78, 5) is 27.8. The van der Waals surface area contributed by atoms with Gasteiger partial charge in [-0.2, -0.15) is 0 Å². The zero-order valence-electron chi connectivity index (χ0n) is 12.9. The average molecular weight is 306 g/mol. The third kappa shape index (κ3) is 2.83. The monoisotopic (exact) mass is 306 g/mol. The quantitative estimate of drug-likeness (QED) is 0.794. The van der Waals surface area contributed by atoms with Gasteiger partial charge in [-0.15, -0.1) is 10.2 Å². The number of carbonyl (C=O) groups is 2. The van der Waals surface area contributed by atoms with Crippen LogP contribution in [0.1, 0.15) is 30.9 Å². The molecule has 0 aliphatic carbocycles. The molecule has 0 spiro atoms. The number of piperidine rings is 1. The van der Waals surface area contributed by atoms with E-state index in [9.17, 15) is 9.59 Å². The number of hydrogen-bond acceptors (Lipinski definition) is 5. The van der Waals surface area contributed by atoms with Gasteiger partial charge >= 0.3 is 0 Å². The molecule has 1 aromatic rings. The molecule has 2 N–H and O–H groups in total. The van der Waals surface area contributed by atoms with Gasteiger partial charge < -0.3 is 15.2 Å². The topological polar surface area (TPSA) is 97.3 Å². The molecule has 0 saturated carbocycles. The fourth-order valence-electron chi connectivity index (χ4n) is 3.30. The van der Waals surface area contributed by atoms with Crippen molar-refractivity contribution in [3.8, 4) is 0 Å². The highest BCUT2D eigenvalue weighted by atomic mass is 16.2. The van der Waals surface area contributed by atoms with Gasteiger partial charge in [-0.25, -0.2) is 0 Å². The first-order chi connectivity index (χ1) is 10.6. The highest BCUT2D eigenvalue weighted by molar-refractivity contribution is 5.87. The molecule has 0 radical (unpaired) electrons. The maximum atomic E-state index is 12.5. The van der Waals surface area contributed by atoms with E-state index in [-0.39, 0.29) is 5.91 Å². The third-order valence-corrected chi connectivity index (χ3v) is 4.53. The van der Waals surface area contributed by atoms with Crippen LogP contribution in [0.4, 0.5) is 0 Å². The van der Waals surface area contributed by atoms with Gasteiger partial charge in [0.1, 0.15) is 17.7 Å². The van der Waals surface area contributed by atoms with Gasteiger partial charge in [0.15, 0.2) is 0 Å². The van der Waals surface area contributed by atoms with Gasteiger partial charge in [0, 0.05) is 19.6 Å². The first-order valence-electron chi connectivity index (χ1n) is 7.76. The highest BCUT2D eigenvalue weighted by Crippen LogP contribution is 2.18. The molecule has 22 heavy (non-hydrogen) atoms. The van der Waals surface area contributed by atoms with Gasteiger partial charge in [-0.05, 0) is 26.2 Å². The minimum absolute atomic E-state index is 0.0202. The Balaban J connectivity index is 1.63. The second-order valence-electron chi connectivity index (χ2n) is 6.03. The summed E-state index contributed by atoms with van der Waals surface area (Å²) in [5.74, 6) is 1.38. The summed E-state index contributed by atoms with van der Waals surface area (Å²) in [6, 6.07) is -0.447. The van der Waals surface area contributed by atoms with Crippen molar-refractivity contribution in [3.63, 3.8) is 0 Å². The number of aryl methyl sites for hydroxylation is 1. The SMILES string of the molecule is Cc1nnc2n1CCN(CC(=O)N1CCCC[C@H]1C(N)=O)C2. The number of likely N-dealkylation sites (tertiary alicyclic amines) is 1. The number of nitrogens with zero attached hydrogens (tertiary/aromatic N) is 5. The van der Waals surface area contributed by atoms with Crippen molar-refractivity contribution < 1.29 is 9.59 Å². The molecule has 1 fully saturated rings. The summed E-state index contributed by atoms with van der Waals surface area (Å²) in [6.07, 6.45) is 2.56. The number of primary amides is 1. The van der Waals surface area contributed by atoms with Crippen molar-refractivity contribution in [2.24, 2.45) is 5.73 Å². The van der Waals surface area contributed by atoms with Crippen LogP contribution < -0.4 is 5.73 Å². The number of carbonyl (C=O) groups excluding carboxylic acids is 2. The van der Waals surface area contributed by atoms with Crippen LogP contribution >= 0.6 is 0 Å². The molecule has 3 rings (SSSR count). The van der Waals surface area contributed by atoms with Crippen LogP contribution in [0.15, 0.2) is 0 Å². The Morgan fingerprint density at radius 2 is 2.05 bits per heavy atom.